The van der Waals surface area contributed by atoms with Gasteiger partial charge in [0.05, 0.1) is 10.0 Å². The molecule has 1 aliphatic heterocycles. The number of nitrogens with two attached hydrogens (primary N) is 1. The van der Waals surface area contributed by atoms with Crippen LogP contribution in [0.5, 0.6) is 0 Å². The normalized spacial score (nSPS) is 16.7. The molecule has 0 saturated heterocycles. The van der Waals surface area contributed by atoms with Gasteiger partial charge in [-0.1, -0.05) is 31.9 Å². The second kappa shape index (κ2) is 6.44. The maximum atomic E-state index is 6.11. The van der Waals surface area contributed by atoms with E-state index in [1.54, 1.807) is 6.20 Å². The molecule has 3 nitrogen and oxygen atoms in total. The lowest BCUT2D eigenvalue weighted by Crippen LogP contribution is -2.32. The van der Waals surface area contributed by atoms with Gasteiger partial charge in [0.2, 0.25) is 0 Å². The van der Waals surface area contributed by atoms with Crippen LogP contribution in [0.25, 0.3) is 5.70 Å². The van der Waals surface area contributed by atoms with E-state index in [4.69, 9.17) is 22.3 Å². The van der Waals surface area contributed by atoms with E-state index < -0.39 is 0 Å². The lowest BCUT2D eigenvalue weighted by molar-refractivity contribution is 0.548. The predicted molar refractivity (Wildman–Crippen MR) is 85.1 cm³/mol. The van der Waals surface area contributed by atoms with Crippen LogP contribution >= 0.6 is 22.9 Å². The van der Waals surface area contributed by atoms with Crippen molar-refractivity contribution < 1.29 is 0 Å². The molecular weight excluding hydrogens is 278 g/mol. The van der Waals surface area contributed by atoms with Crippen molar-refractivity contribution in [3.05, 3.63) is 22.2 Å². The third kappa shape index (κ3) is 2.95. The van der Waals surface area contributed by atoms with Gasteiger partial charge in [-0.25, -0.2) is 4.99 Å². The Bertz CT molecular complexity index is 505. The van der Waals surface area contributed by atoms with Gasteiger partial charge >= 0.3 is 0 Å². The molecule has 1 aromatic heterocycles. The summed E-state index contributed by atoms with van der Waals surface area (Å²) in [4.78, 5) is 7.02. The summed E-state index contributed by atoms with van der Waals surface area (Å²) in [5.74, 6) is 1.12. The zero-order chi connectivity index (χ0) is 13.8. The van der Waals surface area contributed by atoms with Crippen molar-refractivity contribution in [3.8, 4) is 0 Å². The van der Waals surface area contributed by atoms with Gasteiger partial charge in [-0.15, -0.1) is 11.3 Å². The van der Waals surface area contributed by atoms with Gasteiger partial charge in [-0.2, -0.15) is 0 Å². The quantitative estimate of drug-likeness (QED) is 0.862. The van der Waals surface area contributed by atoms with Crippen molar-refractivity contribution in [2.24, 2.45) is 10.7 Å². The molecule has 19 heavy (non-hydrogen) atoms. The summed E-state index contributed by atoms with van der Waals surface area (Å²) in [6.45, 7) is 5.31. The molecule has 1 aromatic rings. The van der Waals surface area contributed by atoms with Crippen LogP contribution in [0, 0.1) is 0 Å². The number of hydrogen-bond donors (Lipinski definition) is 1. The zero-order valence-electron chi connectivity index (χ0n) is 11.4. The average Bonchev–Trinajstić information content (AvgIpc) is 2.76. The molecule has 0 aromatic carbocycles. The van der Waals surface area contributed by atoms with Gasteiger partial charge in [0, 0.05) is 24.7 Å². The number of fused-ring (bicyclic) bond motifs is 1. The van der Waals surface area contributed by atoms with Gasteiger partial charge in [0.15, 0.2) is 0 Å². The van der Waals surface area contributed by atoms with E-state index >= 15 is 0 Å². The Kier molecular flexibility index (Phi) is 4.88. The van der Waals surface area contributed by atoms with E-state index in [9.17, 15) is 0 Å². The second-order valence-electron chi connectivity index (χ2n) is 4.60. The highest BCUT2D eigenvalue weighted by Gasteiger charge is 2.25. The van der Waals surface area contributed by atoms with Crippen molar-refractivity contribution in [2.75, 3.05) is 6.54 Å². The fraction of sp³-hybridized carbons (Fsp3) is 0.500. The Hall–Kier alpha value is -1.00. The molecule has 104 valence electrons. The van der Waals surface area contributed by atoms with Crippen LogP contribution in [0.3, 0.4) is 0 Å². The highest BCUT2D eigenvalue weighted by molar-refractivity contribution is 7.20. The Morgan fingerprint density at radius 3 is 2.84 bits per heavy atom. The van der Waals surface area contributed by atoms with Gasteiger partial charge in [-0.05, 0) is 18.9 Å². The van der Waals surface area contributed by atoms with Gasteiger partial charge < -0.3 is 10.6 Å². The van der Waals surface area contributed by atoms with Crippen LogP contribution in [0.15, 0.2) is 17.3 Å². The zero-order valence-corrected chi connectivity index (χ0v) is 13.0. The standard InChI is InChI=1S/C14H20ClN3S/c1-3-5-6-13-17-14-10(8-12(15)19-14)11(9-16)18(13)7-4-2/h8-9H,3-7,16H2,1-2H3. The topological polar surface area (TPSA) is 41.6 Å². The average molecular weight is 298 g/mol. The highest BCUT2D eigenvalue weighted by atomic mass is 35.5. The minimum Gasteiger partial charge on any atom is -0.403 e. The molecule has 2 N–H and O–H groups in total. The summed E-state index contributed by atoms with van der Waals surface area (Å²) in [6, 6.07) is 1.96. The van der Waals surface area contributed by atoms with E-state index in [1.165, 1.54) is 17.8 Å². The Morgan fingerprint density at radius 2 is 2.21 bits per heavy atom. The third-order valence-electron chi connectivity index (χ3n) is 3.15. The number of rotatable bonds is 5. The monoisotopic (exact) mass is 297 g/mol. The SMILES string of the molecule is CCCCC1=Nc2sc(Cl)cc2C(=CN)N1CCC. The smallest absolute Gasteiger partial charge is 0.128 e. The van der Waals surface area contributed by atoms with Crippen molar-refractivity contribution in [3.63, 3.8) is 0 Å². The summed E-state index contributed by atoms with van der Waals surface area (Å²) in [7, 11) is 0. The first-order chi connectivity index (χ1) is 9.21. The van der Waals surface area contributed by atoms with E-state index in [-0.39, 0.29) is 0 Å². The Balaban J connectivity index is 2.41. The number of nitrogens with zero attached hydrogens (tertiary/aromatic N) is 2. The number of unbranched alkanes of at least 4 members (excludes halogenated alkanes) is 1. The molecule has 0 amide bonds. The number of thiophene rings is 1. The lowest BCUT2D eigenvalue weighted by atomic mass is 10.1. The van der Waals surface area contributed by atoms with Crippen molar-refractivity contribution in [1.82, 2.24) is 4.90 Å². The summed E-state index contributed by atoms with van der Waals surface area (Å²) in [5, 5.41) is 0.986. The van der Waals surface area contributed by atoms with Crippen molar-refractivity contribution in [1.29, 1.82) is 0 Å². The maximum Gasteiger partial charge on any atom is 0.128 e. The van der Waals surface area contributed by atoms with Crippen LogP contribution in [0.4, 0.5) is 5.00 Å². The molecule has 0 spiro atoms. The molecule has 5 heteroatoms. The summed E-state index contributed by atoms with van der Waals surface area (Å²) in [5.41, 5.74) is 7.95. The van der Waals surface area contributed by atoms with Crippen LogP contribution < -0.4 is 5.73 Å². The third-order valence-corrected chi connectivity index (χ3v) is 4.31. The summed E-state index contributed by atoms with van der Waals surface area (Å²) >= 11 is 7.63. The van der Waals surface area contributed by atoms with Crippen LogP contribution in [0.2, 0.25) is 4.34 Å². The Labute approximate surface area is 123 Å². The van der Waals surface area contributed by atoms with Gasteiger partial charge in [0.1, 0.15) is 10.8 Å². The van der Waals surface area contributed by atoms with E-state index in [2.05, 4.69) is 18.7 Å². The van der Waals surface area contributed by atoms with Crippen LogP contribution in [0.1, 0.15) is 45.1 Å². The maximum absolute atomic E-state index is 6.11. The fourth-order valence-corrected chi connectivity index (χ4v) is 3.37. The first-order valence-corrected chi connectivity index (χ1v) is 7.97. The van der Waals surface area contributed by atoms with E-state index in [0.29, 0.717) is 0 Å². The molecular formula is C14H20ClN3S. The molecule has 2 rings (SSSR count). The molecule has 0 radical (unpaired) electrons. The fourth-order valence-electron chi connectivity index (χ4n) is 2.26. The lowest BCUT2D eigenvalue weighted by Gasteiger charge is -2.31. The van der Waals surface area contributed by atoms with Crippen molar-refractivity contribution in [2.45, 2.75) is 39.5 Å². The van der Waals surface area contributed by atoms with Crippen molar-refractivity contribution >= 4 is 39.5 Å². The summed E-state index contributed by atoms with van der Waals surface area (Å²) in [6.07, 6.45) is 6.04. The van der Waals surface area contributed by atoms with E-state index in [1.807, 2.05) is 6.07 Å². The van der Waals surface area contributed by atoms with E-state index in [0.717, 1.165) is 52.2 Å². The molecule has 0 fully saturated rings. The predicted octanol–water partition coefficient (Wildman–Crippen LogP) is 4.60. The van der Waals surface area contributed by atoms with Crippen LogP contribution in [-0.4, -0.2) is 17.3 Å². The number of amidine groups is 1. The minimum atomic E-state index is 0.765. The number of halogens is 1. The molecule has 0 aliphatic carbocycles. The molecule has 0 unspecified atom stereocenters. The molecule has 0 saturated carbocycles. The number of aliphatic imine (C=N–C) groups is 1. The molecule has 0 bridgehead atoms. The van der Waals surface area contributed by atoms with Gasteiger partial charge in [0.25, 0.3) is 0 Å². The largest absolute Gasteiger partial charge is 0.403 e. The number of hydrogen-bond acceptors (Lipinski definition) is 4. The molecule has 0 atom stereocenters. The second-order valence-corrected chi connectivity index (χ2v) is 6.27. The Morgan fingerprint density at radius 1 is 1.42 bits per heavy atom. The van der Waals surface area contributed by atoms with Gasteiger partial charge in [-0.3, -0.25) is 0 Å². The molecule has 1 aliphatic rings. The minimum absolute atomic E-state index is 0.765. The first-order valence-electron chi connectivity index (χ1n) is 6.78. The van der Waals surface area contributed by atoms with Crippen LogP contribution in [-0.2, 0) is 0 Å². The highest BCUT2D eigenvalue weighted by Crippen LogP contribution is 2.42. The molecule has 2 heterocycles. The summed E-state index contributed by atoms with van der Waals surface area (Å²) < 4.78 is 0.765. The first kappa shape index (κ1) is 14.4.